The van der Waals surface area contributed by atoms with Crippen LogP contribution in [0.4, 0.5) is 0 Å². The number of hydrogen-bond donors (Lipinski definition) is 9. The summed E-state index contributed by atoms with van der Waals surface area (Å²) in [6, 6.07) is -7.57. The number of allylic oxidation sites excluding steroid dienone is 2. The number of β-amino-alcohol motifs (C(OH)–C–C–N with tert-alkyl or cyclic N) is 1. The second-order valence-corrected chi connectivity index (χ2v) is 31.3. The van der Waals surface area contributed by atoms with E-state index in [-0.39, 0.29) is 73.7 Å². The van der Waals surface area contributed by atoms with E-state index in [9.17, 15) is 58.5 Å². The molecule has 1 aromatic rings. The zero-order chi connectivity index (χ0) is 79.0. The molecular weight excluding hydrogens is 1310 g/mol. The fourth-order valence-corrected chi connectivity index (χ4v) is 12.1. The standard InChI is InChI=1S/C62H111N11O12.C13H21NO3/c1-25-27-28-40(15)52(75)51-56(79)65-43(26-2)58(81)67(18)33-48(74)68(19)44(29-34(3)4)55(78)66-49(38(11)12)61(84)69(20)45(30-35(5)6)54(77)63-41(16)53(76)64-42(17)57(80)70(21)46(31-36(7)8)59(82)71(22)47(32-37(9)10)60(83)72(23)50(39(13)14)62(85)73(51)24;1-13(2,3)14-7-12(17)9-4-5-11(16)10(6-9)8-15/h25,27,34-47,49-52,75H,26,28-33H2,1-24H3,(H,63,77)(H,64,76)(H,65,79)(H,66,78);4-6,12,14-17H,7-8H2,1-3H3/b27-25+;/t40-,41+,42-,43+,44+,45+,46+,47+,49+,50+,51+,52-;/m1./s1. The molecule has 1 unspecified atom stereocenters. The van der Waals surface area contributed by atoms with E-state index in [4.69, 9.17) is 5.11 Å². The van der Waals surface area contributed by atoms with Gasteiger partial charge in [-0.2, -0.15) is 0 Å². The Morgan fingerprint density at radius 2 is 0.990 bits per heavy atom. The fourth-order valence-electron chi connectivity index (χ4n) is 12.1. The molecular formula is C75H132N12O15. The predicted octanol–water partition coefficient (Wildman–Crippen LogP) is 4.58. The lowest BCUT2D eigenvalue weighted by Gasteiger charge is -2.41. The number of benzene rings is 1. The van der Waals surface area contributed by atoms with Crippen molar-refractivity contribution in [2.75, 3.05) is 62.4 Å². The summed E-state index contributed by atoms with van der Waals surface area (Å²) in [7, 11) is 9.92. The van der Waals surface area contributed by atoms with Crippen LogP contribution in [0.3, 0.4) is 0 Å². The van der Waals surface area contributed by atoms with E-state index in [2.05, 4.69) is 26.6 Å². The number of likely N-dealkylation sites (N-methyl/N-ethyl adjacent to an activating group) is 7. The molecule has 0 radical (unpaired) electrons. The van der Waals surface area contributed by atoms with Gasteiger partial charge in [-0.15, -0.1) is 0 Å². The van der Waals surface area contributed by atoms with E-state index < -0.39 is 162 Å². The molecule has 0 saturated carbocycles. The maximum atomic E-state index is 15.1. The smallest absolute Gasteiger partial charge is 0.246 e. The van der Waals surface area contributed by atoms with Crippen LogP contribution < -0.4 is 26.6 Å². The van der Waals surface area contributed by atoms with Crippen molar-refractivity contribution in [2.24, 2.45) is 41.4 Å². The van der Waals surface area contributed by atoms with Gasteiger partial charge in [0.1, 0.15) is 66.2 Å². The second-order valence-electron chi connectivity index (χ2n) is 31.3. The summed E-state index contributed by atoms with van der Waals surface area (Å²) in [5.41, 5.74) is 1.05. The van der Waals surface area contributed by atoms with E-state index in [1.165, 1.54) is 93.7 Å². The van der Waals surface area contributed by atoms with Gasteiger partial charge in [0.25, 0.3) is 0 Å². The van der Waals surface area contributed by atoms with Crippen LogP contribution in [-0.2, 0) is 59.3 Å². The van der Waals surface area contributed by atoms with Gasteiger partial charge in [-0.25, -0.2) is 0 Å². The Labute approximate surface area is 609 Å². The highest BCUT2D eigenvalue weighted by Crippen LogP contribution is 2.27. The summed E-state index contributed by atoms with van der Waals surface area (Å²) in [6.45, 7) is 35.6. The SMILES string of the molecule is C/C=C/C[C@@H](C)[C@@H](O)[C@H]1C(=O)N[C@@H](CC)C(=O)N(C)CC(=O)N(C)[C@@H](CC(C)C)C(=O)N[C@@H](C(C)C)C(=O)N(C)[C@@H](CC(C)C)C(=O)N[C@@H](C)C(=O)N[C@H](C)C(=O)N(C)[C@@H](CC(C)C)C(=O)N(C)[C@@H](CC(C)C)C(=O)N(C)[C@@H](C(C)C)C(=O)N1C.CC(C)(C)NCC(O)c1ccc(O)c(CO)c1. The summed E-state index contributed by atoms with van der Waals surface area (Å²) >= 11 is 0. The van der Waals surface area contributed by atoms with Crippen molar-refractivity contribution >= 4 is 65.0 Å². The third kappa shape index (κ3) is 27.8. The van der Waals surface area contributed by atoms with Crippen molar-refractivity contribution in [3.8, 4) is 5.75 Å². The third-order valence-electron chi connectivity index (χ3n) is 18.6. The van der Waals surface area contributed by atoms with Crippen molar-refractivity contribution in [3.63, 3.8) is 0 Å². The molecule has 27 heteroatoms. The highest BCUT2D eigenvalue weighted by molar-refractivity contribution is 5.99. The first-order chi connectivity index (χ1) is 47.0. The number of aliphatic hydroxyl groups excluding tert-OH is 3. The predicted molar refractivity (Wildman–Crippen MR) is 395 cm³/mol. The fraction of sp³-hybridized carbons (Fsp3) is 0.747. The Morgan fingerprint density at radius 1 is 0.539 bits per heavy atom. The van der Waals surface area contributed by atoms with Gasteiger partial charge in [0.15, 0.2) is 0 Å². The number of carbonyl (C=O) groups is 11. The van der Waals surface area contributed by atoms with Gasteiger partial charge in [-0.1, -0.05) is 115 Å². The van der Waals surface area contributed by atoms with E-state index in [1.54, 1.807) is 66.7 Å². The van der Waals surface area contributed by atoms with Gasteiger partial charge in [-0.3, -0.25) is 52.7 Å². The number of carbonyl (C=O) groups excluding carboxylic acids is 11. The molecule has 1 heterocycles. The number of nitrogens with one attached hydrogen (secondary N) is 5. The third-order valence-corrected chi connectivity index (χ3v) is 18.6. The molecule has 582 valence electrons. The number of rotatable bonds is 19. The minimum atomic E-state index is -1.61. The molecule has 11 amide bonds. The first kappa shape index (κ1) is 92.8. The van der Waals surface area contributed by atoms with Crippen molar-refractivity contribution in [1.82, 2.24) is 60.9 Å². The molecule has 1 aromatic carbocycles. The highest BCUT2D eigenvalue weighted by Gasteiger charge is 2.46. The molecule has 0 spiro atoms. The summed E-state index contributed by atoms with van der Waals surface area (Å²) in [4.78, 5) is 169. The zero-order valence-electron chi connectivity index (χ0n) is 66.6. The minimum Gasteiger partial charge on any atom is -0.508 e. The number of aromatic hydroxyl groups is 1. The first-order valence-corrected chi connectivity index (χ1v) is 36.3. The van der Waals surface area contributed by atoms with Gasteiger partial charge >= 0.3 is 0 Å². The van der Waals surface area contributed by atoms with E-state index in [1.807, 2.05) is 82.2 Å². The van der Waals surface area contributed by atoms with Gasteiger partial charge < -0.3 is 81.3 Å². The summed E-state index contributed by atoms with van der Waals surface area (Å²) in [5.74, 6) is -9.66. The summed E-state index contributed by atoms with van der Waals surface area (Å²) < 4.78 is 0. The van der Waals surface area contributed by atoms with Crippen molar-refractivity contribution in [3.05, 3.63) is 41.5 Å². The molecule has 1 aliphatic heterocycles. The molecule has 13 atom stereocenters. The van der Waals surface area contributed by atoms with Gasteiger partial charge in [0.2, 0.25) is 65.0 Å². The lowest BCUT2D eigenvalue weighted by Crippen LogP contribution is -2.63. The van der Waals surface area contributed by atoms with E-state index >= 15 is 9.59 Å². The molecule has 1 aliphatic rings. The molecule has 1 saturated heterocycles. The van der Waals surface area contributed by atoms with Crippen LogP contribution in [0.25, 0.3) is 0 Å². The monoisotopic (exact) mass is 1440 g/mol. The van der Waals surface area contributed by atoms with Crippen LogP contribution in [0.1, 0.15) is 194 Å². The highest BCUT2D eigenvalue weighted by atomic mass is 16.3. The lowest BCUT2D eigenvalue weighted by molar-refractivity contribution is -0.157. The number of aliphatic hydroxyl groups is 3. The number of amides is 11. The average Bonchev–Trinajstić information content (AvgIpc) is 0.800. The van der Waals surface area contributed by atoms with E-state index in [0.717, 1.165) is 9.80 Å². The minimum absolute atomic E-state index is 0.0229. The Kier molecular flexibility index (Phi) is 38.7. The molecule has 27 nitrogen and oxygen atoms in total. The maximum absolute atomic E-state index is 15.1. The molecule has 0 aromatic heterocycles. The van der Waals surface area contributed by atoms with Crippen molar-refractivity contribution in [1.29, 1.82) is 0 Å². The Hall–Kier alpha value is -7.23. The molecule has 9 N–H and O–H groups in total. The van der Waals surface area contributed by atoms with Gasteiger partial charge in [0, 0.05) is 67.0 Å². The number of hydrogen-bond acceptors (Lipinski definition) is 16. The van der Waals surface area contributed by atoms with Crippen molar-refractivity contribution < 1.29 is 73.2 Å². The topological polar surface area (TPSA) is 352 Å². The normalized spacial score (nSPS) is 24.7. The summed E-state index contributed by atoms with van der Waals surface area (Å²) in [6.07, 6.45) is 2.39. The number of nitrogens with zero attached hydrogens (tertiary/aromatic N) is 7. The Bertz CT molecular complexity index is 2970. The summed E-state index contributed by atoms with van der Waals surface area (Å²) in [5, 5.41) is 54.7. The quantitative estimate of drug-likeness (QED) is 0.0856. The van der Waals surface area contributed by atoms with Crippen LogP contribution in [-0.4, -0.2) is 254 Å². The lowest BCUT2D eigenvalue weighted by atomic mass is 9.91. The largest absolute Gasteiger partial charge is 0.508 e. The van der Waals surface area contributed by atoms with Crippen LogP contribution in [0.5, 0.6) is 5.75 Å². The second kappa shape index (κ2) is 42.5. The van der Waals surface area contributed by atoms with Gasteiger partial charge in [0.05, 0.1) is 25.4 Å². The molecule has 0 aliphatic carbocycles. The average molecular weight is 1440 g/mol. The van der Waals surface area contributed by atoms with Crippen LogP contribution in [0, 0.1) is 41.4 Å². The Balaban J connectivity index is 0.00000265. The molecule has 0 bridgehead atoms. The van der Waals surface area contributed by atoms with Crippen molar-refractivity contribution in [2.45, 2.75) is 262 Å². The molecule has 102 heavy (non-hydrogen) atoms. The molecule has 1 fully saturated rings. The zero-order valence-corrected chi connectivity index (χ0v) is 66.6. The Morgan fingerprint density at radius 3 is 1.45 bits per heavy atom. The van der Waals surface area contributed by atoms with Crippen LogP contribution in [0.2, 0.25) is 0 Å². The van der Waals surface area contributed by atoms with Crippen LogP contribution >= 0.6 is 0 Å². The van der Waals surface area contributed by atoms with Gasteiger partial charge in [-0.05, 0) is 139 Å². The van der Waals surface area contributed by atoms with Crippen LogP contribution in [0.15, 0.2) is 30.4 Å². The number of phenols is 1. The molecule has 2 rings (SSSR count). The first-order valence-electron chi connectivity index (χ1n) is 36.3. The van der Waals surface area contributed by atoms with E-state index in [0.29, 0.717) is 24.1 Å². The maximum Gasteiger partial charge on any atom is 0.246 e.